The van der Waals surface area contributed by atoms with Crippen LogP contribution < -0.4 is 0 Å². The minimum absolute atomic E-state index is 0.0413. The van der Waals surface area contributed by atoms with Crippen molar-refractivity contribution < 1.29 is 19.2 Å². The smallest absolute Gasteiger partial charge is 0.134 e. The highest BCUT2D eigenvalue weighted by atomic mass is 16.1. The number of carbonyl (C=O) groups excluding carboxylic acids is 4. The van der Waals surface area contributed by atoms with Gasteiger partial charge in [0, 0.05) is 25.7 Å². The average molecular weight is 921 g/mol. The summed E-state index contributed by atoms with van der Waals surface area (Å²) in [6, 6.07) is 11.7. The van der Waals surface area contributed by atoms with Gasteiger partial charge in [0.15, 0.2) is 0 Å². The van der Waals surface area contributed by atoms with Crippen molar-refractivity contribution in [2.45, 2.75) is 266 Å². The van der Waals surface area contributed by atoms with E-state index in [1.807, 2.05) is 36.4 Å². The molecule has 0 fully saturated rings. The zero-order valence-electron chi connectivity index (χ0n) is 43.9. The Hall–Kier alpha value is -3.80. The zero-order chi connectivity index (χ0) is 48.7. The molecule has 0 aliphatic rings. The molecule has 374 valence electrons. The SMILES string of the molecule is CCCCCCCCCCCCCCCCCCCCCCCCCCC/C=C/C(=Nc1ccc(CC(C)=O)c(CC(C)=O)c1)C(CCCCCC)=Nc1ccc(CC(C)=O)c(CC(C)=O)c1. The summed E-state index contributed by atoms with van der Waals surface area (Å²) in [4.78, 5) is 59.2. The van der Waals surface area contributed by atoms with Crippen LogP contribution in [0.15, 0.2) is 58.5 Å². The maximum absolute atomic E-state index is 12.3. The molecule has 0 heterocycles. The van der Waals surface area contributed by atoms with E-state index >= 15 is 0 Å². The summed E-state index contributed by atoms with van der Waals surface area (Å²) in [6.45, 7) is 10.8. The third-order valence-corrected chi connectivity index (χ3v) is 13.0. The number of Topliss-reactive ketones (excluding diaryl/α,β-unsaturated/α-hetero) is 4. The van der Waals surface area contributed by atoms with E-state index in [9.17, 15) is 19.2 Å². The topological polar surface area (TPSA) is 93.0 Å². The van der Waals surface area contributed by atoms with Gasteiger partial charge in [-0.1, -0.05) is 205 Å². The van der Waals surface area contributed by atoms with E-state index < -0.39 is 0 Å². The maximum Gasteiger partial charge on any atom is 0.134 e. The summed E-state index contributed by atoms with van der Waals surface area (Å²) < 4.78 is 0. The molecule has 0 saturated heterocycles. The lowest BCUT2D eigenvalue weighted by Crippen LogP contribution is -2.12. The molecule has 0 atom stereocenters. The van der Waals surface area contributed by atoms with Gasteiger partial charge in [-0.3, -0.25) is 24.2 Å². The Bertz CT molecular complexity index is 1780. The molecule has 0 aromatic heterocycles. The molecular formula is C61H96N2O4. The van der Waals surface area contributed by atoms with Crippen LogP contribution in [0.5, 0.6) is 0 Å². The zero-order valence-corrected chi connectivity index (χ0v) is 43.9. The standard InChI is InChI=1S/C61H96N2O4/c1-7-9-11-13-14-15-16-17-18-19-20-21-22-23-24-25-26-27-28-29-30-31-32-33-34-35-37-39-61(63-59-43-41-55(45-51(4)65)57(49-59)47-53(6)67)60(38-36-12-10-8-2)62-58-42-40-54(44-50(3)64)56(48-58)46-52(5)66/h37,39-43,48-49H,7-36,38,44-47H2,1-6H3/b39-37+,62-60?,63-61?. The van der Waals surface area contributed by atoms with Gasteiger partial charge in [0.2, 0.25) is 0 Å². The molecular weight excluding hydrogens is 825 g/mol. The largest absolute Gasteiger partial charge is 0.300 e. The van der Waals surface area contributed by atoms with Crippen LogP contribution in [0, 0.1) is 0 Å². The molecule has 67 heavy (non-hydrogen) atoms. The van der Waals surface area contributed by atoms with Crippen molar-refractivity contribution in [2.75, 3.05) is 0 Å². The number of rotatable bonds is 43. The highest BCUT2D eigenvalue weighted by Gasteiger charge is 2.14. The molecule has 0 saturated carbocycles. The van der Waals surface area contributed by atoms with Crippen LogP contribution >= 0.6 is 0 Å². The first-order valence-corrected chi connectivity index (χ1v) is 27.6. The number of ketones is 4. The van der Waals surface area contributed by atoms with Crippen molar-refractivity contribution in [3.63, 3.8) is 0 Å². The number of aliphatic imine (C=N–C) groups is 2. The molecule has 6 nitrogen and oxygen atoms in total. The van der Waals surface area contributed by atoms with Crippen molar-refractivity contribution in [1.82, 2.24) is 0 Å². The van der Waals surface area contributed by atoms with Gasteiger partial charge in [0.05, 0.1) is 22.8 Å². The lowest BCUT2D eigenvalue weighted by atomic mass is 9.97. The normalized spacial score (nSPS) is 12.1. The molecule has 2 rings (SSSR count). The Balaban J connectivity index is 1.94. The number of nitrogens with zero attached hydrogens (tertiary/aromatic N) is 2. The Kier molecular flexibility index (Phi) is 34.6. The predicted octanol–water partition coefficient (Wildman–Crippen LogP) is 17.7. The lowest BCUT2D eigenvalue weighted by Gasteiger charge is -2.12. The second kappa shape index (κ2) is 39.1. The minimum atomic E-state index is 0.0413. The second-order valence-corrected chi connectivity index (χ2v) is 20.0. The Morgan fingerprint density at radius 2 is 0.701 bits per heavy atom. The molecule has 0 bridgehead atoms. The van der Waals surface area contributed by atoms with Crippen LogP contribution in [-0.2, 0) is 44.9 Å². The summed E-state index contributed by atoms with van der Waals surface area (Å²) in [6.07, 6.45) is 46.2. The van der Waals surface area contributed by atoms with Crippen molar-refractivity contribution in [3.8, 4) is 0 Å². The first kappa shape index (κ1) is 59.3. The molecule has 0 N–H and O–H groups in total. The predicted molar refractivity (Wildman–Crippen MR) is 288 cm³/mol. The van der Waals surface area contributed by atoms with Crippen LogP contribution in [0.4, 0.5) is 11.4 Å². The van der Waals surface area contributed by atoms with Crippen LogP contribution in [0.2, 0.25) is 0 Å². The third kappa shape index (κ3) is 31.1. The number of benzene rings is 2. The monoisotopic (exact) mass is 921 g/mol. The highest BCUT2D eigenvalue weighted by molar-refractivity contribution is 6.47. The van der Waals surface area contributed by atoms with E-state index in [4.69, 9.17) is 9.98 Å². The number of unbranched alkanes of at least 4 members (excludes halogenated alkanes) is 28. The summed E-state index contributed by atoms with van der Waals surface area (Å²) in [5.74, 6) is 0.197. The van der Waals surface area contributed by atoms with Gasteiger partial charge in [-0.2, -0.15) is 0 Å². The lowest BCUT2D eigenvalue weighted by molar-refractivity contribution is -0.117. The molecule has 0 aliphatic carbocycles. The maximum atomic E-state index is 12.3. The molecule has 0 spiro atoms. The fraction of sp³-hybridized carbons (Fsp3) is 0.672. The van der Waals surface area contributed by atoms with Crippen LogP contribution in [0.3, 0.4) is 0 Å². The molecule has 0 radical (unpaired) electrons. The van der Waals surface area contributed by atoms with Crippen molar-refractivity contribution >= 4 is 45.9 Å². The van der Waals surface area contributed by atoms with E-state index in [-0.39, 0.29) is 48.8 Å². The van der Waals surface area contributed by atoms with Crippen molar-refractivity contribution in [3.05, 3.63) is 70.8 Å². The number of hydrogen-bond donors (Lipinski definition) is 0. The summed E-state index contributed by atoms with van der Waals surface area (Å²) in [5.41, 5.74) is 6.52. The average Bonchev–Trinajstić information content (AvgIpc) is 3.27. The van der Waals surface area contributed by atoms with Crippen LogP contribution in [0.1, 0.15) is 263 Å². The quantitative estimate of drug-likeness (QED) is 0.0489. The minimum Gasteiger partial charge on any atom is -0.300 e. The van der Waals surface area contributed by atoms with Gasteiger partial charge in [0.1, 0.15) is 23.1 Å². The second-order valence-electron chi connectivity index (χ2n) is 20.0. The Morgan fingerprint density at radius 1 is 0.388 bits per heavy atom. The highest BCUT2D eigenvalue weighted by Crippen LogP contribution is 2.25. The molecule has 6 heteroatoms. The Labute approximate surface area is 410 Å². The molecule has 0 unspecified atom stereocenters. The van der Waals surface area contributed by atoms with E-state index in [0.29, 0.717) is 0 Å². The van der Waals surface area contributed by atoms with E-state index in [1.165, 1.54) is 154 Å². The van der Waals surface area contributed by atoms with Gasteiger partial charge < -0.3 is 0 Å². The van der Waals surface area contributed by atoms with Crippen LogP contribution in [0.25, 0.3) is 0 Å². The van der Waals surface area contributed by atoms with E-state index in [1.54, 1.807) is 27.7 Å². The molecule has 0 aliphatic heterocycles. The van der Waals surface area contributed by atoms with Crippen LogP contribution in [-0.4, -0.2) is 34.6 Å². The van der Waals surface area contributed by atoms with Gasteiger partial charge in [0.25, 0.3) is 0 Å². The van der Waals surface area contributed by atoms with Crippen molar-refractivity contribution in [2.24, 2.45) is 9.98 Å². The molecule has 0 amide bonds. The van der Waals surface area contributed by atoms with Gasteiger partial charge in [-0.15, -0.1) is 0 Å². The Morgan fingerprint density at radius 3 is 1.06 bits per heavy atom. The molecule has 2 aromatic carbocycles. The fourth-order valence-corrected chi connectivity index (χ4v) is 9.16. The van der Waals surface area contributed by atoms with Gasteiger partial charge >= 0.3 is 0 Å². The number of hydrogen-bond acceptors (Lipinski definition) is 6. The first-order valence-electron chi connectivity index (χ1n) is 27.6. The number of allylic oxidation sites excluding steroid dienone is 2. The number of carbonyl (C=O) groups is 4. The van der Waals surface area contributed by atoms with Gasteiger partial charge in [-0.05, 0) is 106 Å². The van der Waals surface area contributed by atoms with E-state index in [2.05, 4.69) is 26.0 Å². The van der Waals surface area contributed by atoms with Crippen molar-refractivity contribution in [1.29, 1.82) is 0 Å². The summed E-state index contributed by atoms with van der Waals surface area (Å²) >= 11 is 0. The molecule has 2 aromatic rings. The fourth-order valence-electron chi connectivity index (χ4n) is 9.16. The first-order chi connectivity index (χ1) is 32.5. The third-order valence-electron chi connectivity index (χ3n) is 13.0. The van der Waals surface area contributed by atoms with Gasteiger partial charge in [-0.25, -0.2) is 4.99 Å². The van der Waals surface area contributed by atoms with E-state index in [0.717, 1.165) is 90.0 Å². The summed E-state index contributed by atoms with van der Waals surface area (Å²) in [5, 5.41) is 0. The summed E-state index contributed by atoms with van der Waals surface area (Å²) in [7, 11) is 0.